The van der Waals surface area contributed by atoms with Crippen LogP contribution in [-0.2, 0) is 32.7 Å². The van der Waals surface area contributed by atoms with E-state index < -0.39 is 57.4 Å². The average molecular weight is 810 g/mol. The van der Waals surface area contributed by atoms with Crippen LogP contribution in [0.5, 0.6) is 0 Å². The normalized spacial score (nSPS) is 15.9. The summed E-state index contributed by atoms with van der Waals surface area (Å²) < 4.78 is 32.5. The number of phosphoric ester groups is 1. The molecule has 0 aromatic rings. The van der Waals surface area contributed by atoms with Gasteiger partial charge in [0, 0.05) is 19.4 Å². The number of unbranched alkanes of at least 4 members (excludes halogenated alkanes) is 7. The maximum absolute atomic E-state index is 12.6. The van der Waals surface area contributed by atoms with E-state index in [0.717, 1.165) is 77.0 Å². The maximum Gasteiger partial charge on any atom is 0.472 e. The van der Waals surface area contributed by atoms with Gasteiger partial charge in [-0.1, -0.05) is 137 Å². The number of carbonyl (C=O) groups excluding carboxylic acids is 2. The largest absolute Gasteiger partial charge is 0.472 e. The molecule has 0 aliphatic rings. The molecule has 1 unspecified atom stereocenters. The fraction of sp³-hybridized carbons (Fsp3) is 0.628. The highest BCUT2D eigenvalue weighted by atomic mass is 31.2. The first kappa shape index (κ1) is 53.1. The summed E-state index contributed by atoms with van der Waals surface area (Å²) in [5.74, 6) is -1.19. The van der Waals surface area contributed by atoms with Crippen molar-refractivity contribution in [1.29, 1.82) is 0 Å². The van der Waals surface area contributed by atoms with Crippen molar-refractivity contribution in [3.8, 4) is 0 Å². The molecule has 56 heavy (non-hydrogen) atoms. The van der Waals surface area contributed by atoms with Crippen LogP contribution in [-0.4, -0.2) is 82.9 Å². The molecule has 0 aliphatic heterocycles. The van der Waals surface area contributed by atoms with E-state index in [0.29, 0.717) is 6.42 Å². The Morgan fingerprint density at radius 2 is 1.30 bits per heavy atom. The molecule has 320 valence electrons. The molecule has 12 nitrogen and oxygen atoms in total. The number of phosphoric acid groups is 1. The predicted molar refractivity (Wildman–Crippen MR) is 223 cm³/mol. The lowest BCUT2D eigenvalue weighted by atomic mass is 10.1. The average Bonchev–Trinajstić information content (AvgIpc) is 3.17. The van der Waals surface area contributed by atoms with Gasteiger partial charge in [-0.05, 0) is 57.8 Å². The second kappa shape index (κ2) is 37.6. The molecule has 0 amide bonds. The minimum Gasteiger partial charge on any atom is -0.462 e. The molecule has 0 spiro atoms. The lowest BCUT2D eigenvalue weighted by molar-refractivity contribution is -0.161. The summed E-state index contributed by atoms with van der Waals surface area (Å²) >= 11 is 0. The molecule has 0 bridgehead atoms. The van der Waals surface area contributed by atoms with E-state index in [1.807, 2.05) is 0 Å². The number of aliphatic hydroxyl groups excluding tert-OH is 3. The quantitative estimate of drug-likeness (QED) is 0.0134. The number of ether oxygens (including phenoxy) is 2. The van der Waals surface area contributed by atoms with E-state index in [2.05, 4.69) is 50.3 Å². The number of hydrogen-bond donors (Lipinski definition) is 5. The van der Waals surface area contributed by atoms with Gasteiger partial charge in [0.1, 0.15) is 6.61 Å². The first-order chi connectivity index (χ1) is 27.0. The standard InChI is InChI=1S/C43H72NO11P/c1-3-5-7-8-9-10-11-12-13-14-15-16-17-22-26-32-43(49)55-39(37-54-56(50,51)53-35-34-44)36-52-42(48)33-27-31-41(47)40(46)30-25-21-19-18-20-24-29-38(45)28-23-6-4-2/h5,7,9-10,12-13,18-21,24-25,29-30,38-41,45-47H,3-4,6,8,11,14-17,22-23,26-28,31-37,44H2,1-2H3,(H,50,51)/b7-5-,10-9-,13-12-,20-18-,21-19+,29-24+,30-25+/t38-,39-,40-,41-/m1/s1. The minimum absolute atomic E-state index is 0.00321. The van der Waals surface area contributed by atoms with Crippen LogP contribution in [0.3, 0.4) is 0 Å². The van der Waals surface area contributed by atoms with E-state index in [9.17, 15) is 34.4 Å². The van der Waals surface area contributed by atoms with Crippen molar-refractivity contribution in [2.24, 2.45) is 5.73 Å². The number of allylic oxidation sites excluding steroid dienone is 12. The Morgan fingerprint density at radius 3 is 2.00 bits per heavy atom. The topological polar surface area (TPSA) is 195 Å². The van der Waals surface area contributed by atoms with Gasteiger partial charge in [0.15, 0.2) is 6.10 Å². The van der Waals surface area contributed by atoms with Gasteiger partial charge in [0.05, 0.1) is 31.5 Å². The Labute approximate surface area is 336 Å². The van der Waals surface area contributed by atoms with Gasteiger partial charge in [-0.2, -0.15) is 0 Å². The van der Waals surface area contributed by atoms with Crippen molar-refractivity contribution >= 4 is 19.8 Å². The second-order valence-electron chi connectivity index (χ2n) is 13.3. The van der Waals surface area contributed by atoms with Gasteiger partial charge in [-0.15, -0.1) is 0 Å². The minimum atomic E-state index is -4.47. The van der Waals surface area contributed by atoms with E-state index >= 15 is 0 Å². The molecule has 0 rings (SSSR count). The number of aliphatic hydroxyl groups is 3. The summed E-state index contributed by atoms with van der Waals surface area (Å²) in [5.41, 5.74) is 5.32. The van der Waals surface area contributed by atoms with Gasteiger partial charge in [-0.25, -0.2) is 4.57 Å². The monoisotopic (exact) mass is 809 g/mol. The summed E-state index contributed by atoms with van der Waals surface area (Å²) in [7, 11) is -4.47. The summed E-state index contributed by atoms with van der Waals surface area (Å²) in [6.07, 6.45) is 35.6. The van der Waals surface area contributed by atoms with Crippen LogP contribution >= 0.6 is 7.82 Å². The molecule has 0 fully saturated rings. The van der Waals surface area contributed by atoms with Crippen LogP contribution in [0.2, 0.25) is 0 Å². The number of esters is 2. The second-order valence-corrected chi connectivity index (χ2v) is 14.8. The summed E-state index contributed by atoms with van der Waals surface area (Å²) in [6.45, 7) is 3.06. The van der Waals surface area contributed by atoms with E-state index in [-0.39, 0.29) is 38.8 Å². The smallest absolute Gasteiger partial charge is 0.462 e. The third kappa shape index (κ3) is 35.5. The van der Waals surface area contributed by atoms with Crippen molar-refractivity contribution in [2.75, 3.05) is 26.4 Å². The predicted octanol–water partition coefficient (Wildman–Crippen LogP) is 8.18. The fourth-order valence-electron chi connectivity index (χ4n) is 4.97. The molecule has 0 saturated heterocycles. The molecule has 0 radical (unpaired) electrons. The molecule has 0 saturated carbocycles. The molecule has 0 aromatic carbocycles. The Kier molecular flexibility index (Phi) is 35.7. The third-order valence-corrected chi connectivity index (χ3v) is 9.12. The molecule has 13 heteroatoms. The van der Waals surface area contributed by atoms with Crippen LogP contribution in [0.15, 0.2) is 85.1 Å². The van der Waals surface area contributed by atoms with E-state index in [4.69, 9.17) is 24.3 Å². The van der Waals surface area contributed by atoms with E-state index in [1.165, 1.54) is 6.08 Å². The van der Waals surface area contributed by atoms with Gasteiger partial charge < -0.3 is 35.4 Å². The zero-order chi connectivity index (χ0) is 41.5. The van der Waals surface area contributed by atoms with Crippen molar-refractivity contribution in [2.45, 2.75) is 147 Å². The molecule has 5 atom stereocenters. The van der Waals surface area contributed by atoms with E-state index in [1.54, 1.807) is 42.5 Å². The number of carbonyl (C=O) groups is 2. The van der Waals surface area contributed by atoms with Crippen molar-refractivity contribution in [3.05, 3.63) is 85.1 Å². The molecule has 0 aliphatic carbocycles. The molecular weight excluding hydrogens is 737 g/mol. The lowest BCUT2D eigenvalue weighted by Gasteiger charge is -2.20. The van der Waals surface area contributed by atoms with Crippen molar-refractivity contribution < 1.29 is 52.9 Å². The molecule has 0 aromatic heterocycles. The zero-order valence-electron chi connectivity index (χ0n) is 33.9. The summed E-state index contributed by atoms with van der Waals surface area (Å²) in [5, 5.41) is 30.4. The Balaban J connectivity index is 4.57. The highest BCUT2D eigenvalue weighted by molar-refractivity contribution is 7.47. The first-order valence-electron chi connectivity index (χ1n) is 20.4. The number of hydrogen-bond acceptors (Lipinski definition) is 11. The van der Waals surface area contributed by atoms with Crippen LogP contribution < -0.4 is 5.73 Å². The SMILES string of the molecule is CC/C=C\C/C=C\C/C=C\CCCCCCCC(=O)O[C@H](COC(=O)CCC[C@@H](O)[C@H](O)/C=C/C=C/C=C\C=C\[C@H](O)CCCCC)COP(=O)(O)OCCN. The first-order valence-corrected chi connectivity index (χ1v) is 21.9. The van der Waals surface area contributed by atoms with Gasteiger partial charge >= 0.3 is 19.8 Å². The van der Waals surface area contributed by atoms with Crippen LogP contribution in [0.1, 0.15) is 123 Å². The Morgan fingerprint density at radius 1 is 0.679 bits per heavy atom. The van der Waals surface area contributed by atoms with Crippen LogP contribution in [0.25, 0.3) is 0 Å². The van der Waals surface area contributed by atoms with Crippen molar-refractivity contribution in [1.82, 2.24) is 0 Å². The third-order valence-electron chi connectivity index (χ3n) is 8.13. The Bertz CT molecular complexity index is 1240. The maximum atomic E-state index is 12.6. The highest BCUT2D eigenvalue weighted by Gasteiger charge is 2.26. The van der Waals surface area contributed by atoms with Crippen LogP contribution in [0, 0.1) is 0 Å². The fourth-order valence-corrected chi connectivity index (χ4v) is 5.74. The number of nitrogens with two attached hydrogens (primary N) is 1. The highest BCUT2D eigenvalue weighted by Crippen LogP contribution is 2.43. The van der Waals surface area contributed by atoms with Crippen LogP contribution in [0.4, 0.5) is 0 Å². The molecule has 6 N–H and O–H groups in total. The zero-order valence-corrected chi connectivity index (χ0v) is 34.8. The Hall–Kier alpha value is -2.93. The van der Waals surface area contributed by atoms with Gasteiger partial charge in [-0.3, -0.25) is 18.6 Å². The van der Waals surface area contributed by atoms with Gasteiger partial charge in [0.25, 0.3) is 0 Å². The van der Waals surface area contributed by atoms with Crippen molar-refractivity contribution in [3.63, 3.8) is 0 Å². The van der Waals surface area contributed by atoms with Gasteiger partial charge in [0.2, 0.25) is 0 Å². The lowest BCUT2D eigenvalue weighted by Crippen LogP contribution is -2.30. The summed E-state index contributed by atoms with van der Waals surface area (Å²) in [4.78, 5) is 34.8. The summed E-state index contributed by atoms with van der Waals surface area (Å²) in [6, 6.07) is 0. The molecule has 0 heterocycles. The number of rotatable bonds is 36. The molecular formula is C43H72NO11P.